The molecule has 1 aromatic rings. The third-order valence-electron chi connectivity index (χ3n) is 3.03. The van der Waals surface area contributed by atoms with Gasteiger partial charge in [0, 0.05) is 10.0 Å². The molecule has 1 atom stereocenters. The molecule has 1 unspecified atom stereocenters. The first kappa shape index (κ1) is 14.0. The molecule has 19 heavy (non-hydrogen) atoms. The number of carbonyl (C=O) groups is 2. The van der Waals surface area contributed by atoms with Crippen LogP contribution in [-0.2, 0) is 11.3 Å². The van der Waals surface area contributed by atoms with E-state index in [2.05, 4.69) is 21.2 Å². The molecule has 1 aliphatic heterocycles. The van der Waals surface area contributed by atoms with Gasteiger partial charge in [0.2, 0.25) is 0 Å². The number of imide groups is 1. The Morgan fingerprint density at radius 3 is 2.79 bits per heavy atom. The van der Waals surface area contributed by atoms with E-state index in [1.165, 1.54) is 6.07 Å². The minimum absolute atomic E-state index is 0.0377. The van der Waals surface area contributed by atoms with Crippen molar-refractivity contribution >= 4 is 27.9 Å². The van der Waals surface area contributed by atoms with Gasteiger partial charge in [-0.3, -0.25) is 9.69 Å². The number of amides is 3. The fourth-order valence-electron chi connectivity index (χ4n) is 2.03. The molecule has 0 spiro atoms. The maximum absolute atomic E-state index is 13.7. The minimum atomic E-state index is -0.476. The summed E-state index contributed by atoms with van der Waals surface area (Å²) in [6.45, 7) is 1.90. The Hall–Kier alpha value is -1.43. The number of rotatable bonds is 4. The molecule has 2 rings (SSSR count). The number of halogens is 2. The molecule has 4 nitrogen and oxygen atoms in total. The van der Waals surface area contributed by atoms with Crippen molar-refractivity contribution < 1.29 is 14.0 Å². The smallest absolute Gasteiger partial charge is 0.325 e. The minimum Gasteiger partial charge on any atom is -0.326 e. The number of carbonyl (C=O) groups excluding carboxylic acids is 2. The molecular weight excluding hydrogens is 315 g/mol. The van der Waals surface area contributed by atoms with Crippen molar-refractivity contribution in [3.05, 3.63) is 34.1 Å². The van der Waals surface area contributed by atoms with E-state index in [-0.39, 0.29) is 12.5 Å². The summed E-state index contributed by atoms with van der Waals surface area (Å²) in [5, 5.41) is 2.61. The van der Waals surface area contributed by atoms with Crippen LogP contribution in [0.15, 0.2) is 22.7 Å². The van der Waals surface area contributed by atoms with E-state index < -0.39 is 17.9 Å². The maximum Gasteiger partial charge on any atom is 0.325 e. The van der Waals surface area contributed by atoms with E-state index in [1.54, 1.807) is 12.1 Å². The van der Waals surface area contributed by atoms with Crippen LogP contribution in [0.2, 0.25) is 0 Å². The van der Waals surface area contributed by atoms with Gasteiger partial charge in [-0.15, -0.1) is 0 Å². The molecule has 1 aliphatic rings. The first-order chi connectivity index (χ1) is 9.02. The van der Waals surface area contributed by atoms with Gasteiger partial charge in [-0.2, -0.15) is 0 Å². The summed E-state index contributed by atoms with van der Waals surface area (Å²) < 4.78 is 14.3. The van der Waals surface area contributed by atoms with Gasteiger partial charge in [0.1, 0.15) is 11.9 Å². The van der Waals surface area contributed by atoms with E-state index in [0.29, 0.717) is 16.5 Å². The van der Waals surface area contributed by atoms with Crippen LogP contribution >= 0.6 is 15.9 Å². The average Bonchev–Trinajstić information content (AvgIpc) is 2.60. The predicted molar refractivity (Wildman–Crippen MR) is 71.9 cm³/mol. The molecule has 1 heterocycles. The zero-order valence-corrected chi connectivity index (χ0v) is 12.0. The monoisotopic (exact) mass is 328 g/mol. The van der Waals surface area contributed by atoms with E-state index >= 15 is 0 Å². The number of nitrogens with one attached hydrogen (secondary N) is 1. The van der Waals surface area contributed by atoms with Gasteiger partial charge >= 0.3 is 6.03 Å². The topological polar surface area (TPSA) is 49.4 Å². The molecule has 102 valence electrons. The Morgan fingerprint density at radius 2 is 2.16 bits per heavy atom. The summed E-state index contributed by atoms with van der Waals surface area (Å²) in [6.07, 6.45) is 1.40. The van der Waals surface area contributed by atoms with E-state index in [9.17, 15) is 14.0 Å². The summed E-state index contributed by atoms with van der Waals surface area (Å²) in [5.41, 5.74) is 0.323. The Kier molecular flexibility index (Phi) is 4.19. The van der Waals surface area contributed by atoms with Crippen LogP contribution in [0.5, 0.6) is 0 Å². The molecule has 1 N–H and O–H groups in total. The molecule has 1 aromatic carbocycles. The van der Waals surface area contributed by atoms with Crippen molar-refractivity contribution in [1.29, 1.82) is 0 Å². The summed E-state index contributed by atoms with van der Waals surface area (Å²) in [5.74, 6) is -0.719. The molecule has 0 radical (unpaired) electrons. The molecule has 6 heteroatoms. The number of nitrogens with zero attached hydrogens (tertiary/aromatic N) is 1. The van der Waals surface area contributed by atoms with Gasteiger partial charge in [-0.1, -0.05) is 35.3 Å². The second kappa shape index (κ2) is 5.69. The lowest BCUT2D eigenvalue weighted by Crippen LogP contribution is -2.31. The summed E-state index contributed by atoms with van der Waals surface area (Å²) in [7, 11) is 0. The molecule has 0 aliphatic carbocycles. The van der Waals surface area contributed by atoms with Gasteiger partial charge < -0.3 is 5.32 Å². The normalized spacial score (nSPS) is 18.9. The van der Waals surface area contributed by atoms with Crippen molar-refractivity contribution in [2.24, 2.45) is 0 Å². The fourth-order valence-corrected chi connectivity index (χ4v) is 2.36. The largest absolute Gasteiger partial charge is 0.326 e. The van der Waals surface area contributed by atoms with Crippen LogP contribution < -0.4 is 5.32 Å². The van der Waals surface area contributed by atoms with Gasteiger partial charge in [-0.05, 0) is 18.6 Å². The quantitative estimate of drug-likeness (QED) is 0.864. The molecular formula is C13H14BrFN2O2. The molecule has 1 saturated heterocycles. The van der Waals surface area contributed by atoms with Gasteiger partial charge in [-0.25, -0.2) is 9.18 Å². The van der Waals surface area contributed by atoms with Crippen LogP contribution in [0, 0.1) is 5.82 Å². The summed E-state index contributed by atoms with van der Waals surface area (Å²) >= 11 is 3.16. The Morgan fingerprint density at radius 1 is 1.42 bits per heavy atom. The summed E-state index contributed by atoms with van der Waals surface area (Å²) in [6, 6.07) is 3.63. The van der Waals surface area contributed by atoms with E-state index in [4.69, 9.17) is 0 Å². The number of urea groups is 1. The van der Waals surface area contributed by atoms with Crippen LogP contribution in [-0.4, -0.2) is 22.9 Å². The SMILES string of the molecule is CCCC1NC(=O)N(Cc2ccc(Br)cc2F)C1=O. The van der Waals surface area contributed by atoms with Gasteiger partial charge in [0.15, 0.2) is 0 Å². The van der Waals surface area contributed by atoms with Crippen LogP contribution in [0.3, 0.4) is 0 Å². The van der Waals surface area contributed by atoms with Crippen molar-refractivity contribution in [2.75, 3.05) is 0 Å². The molecule has 0 saturated carbocycles. The Labute approximate surface area is 119 Å². The van der Waals surface area contributed by atoms with Gasteiger partial charge in [0.05, 0.1) is 6.54 Å². The first-order valence-corrected chi connectivity index (χ1v) is 6.88. The van der Waals surface area contributed by atoms with Crippen LogP contribution in [0.25, 0.3) is 0 Å². The third kappa shape index (κ3) is 2.94. The van der Waals surface area contributed by atoms with Crippen LogP contribution in [0.1, 0.15) is 25.3 Å². The highest BCUT2D eigenvalue weighted by Crippen LogP contribution is 2.19. The Balaban J connectivity index is 2.14. The standard InChI is InChI=1S/C13H14BrFN2O2/c1-2-3-11-12(18)17(13(19)16-11)7-8-4-5-9(14)6-10(8)15/h4-6,11H,2-3,7H2,1H3,(H,16,19). The number of benzene rings is 1. The van der Waals surface area contributed by atoms with E-state index in [1.807, 2.05) is 6.92 Å². The molecule has 0 aromatic heterocycles. The van der Waals surface area contributed by atoms with Crippen molar-refractivity contribution in [3.8, 4) is 0 Å². The second-order valence-electron chi connectivity index (χ2n) is 4.45. The number of hydrogen-bond donors (Lipinski definition) is 1. The van der Waals surface area contributed by atoms with E-state index in [0.717, 1.165) is 11.3 Å². The highest BCUT2D eigenvalue weighted by molar-refractivity contribution is 9.10. The molecule has 1 fully saturated rings. The van der Waals surface area contributed by atoms with Crippen LogP contribution in [0.4, 0.5) is 9.18 Å². The first-order valence-electron chi connectivity index (χ1n) is 6.08. The predicted octanol–water partition coefficient (Wildman–Crippen LogP) is 2.81. The lowest BCUT2D eigenvalue weighted by Gasteiger charge is -2.13. The zero-order valence-electron chi connectivity index (χ0n) is 10.5. The molecule has 0 bridgehead atoms. The third-order valence-corrected chi connectivity index (χ3v) is 3.52. The van der Waals surface area contributed by atoms with Crippen molar-refractivity contribution in [3.63, 3.8) is 0 Å². The molecule has 3 amide bonds. The fraction of sp³-hybridized carbons (Fsp3) is 0.385. The van der Waals surface area contributed by atoms with Crippen molar-refractivity contribution in [2.45, 2.75) is 32.4 Å². The lowest BCUT2D eigenvalue weighted by molar-refractivity contribution is -0.128. The highest BCUT2D eigenvalue weighted by atomic mass is 79.9. The average molecular weight is 329 g/mol. The maximum atomic E-state index is 13.7. The van der Waals surface area contributed by atoms with Gasteiger partial charge in [0.25, 0.3) is 5.91 Å². The Bertz CT molecular complexity index is 521. The highest BCUT2D eigenvalue weighted by Gasteiger charge is 2.37. The number of hydrogen-bond acceptors (Lipinski definition) is 2. The second-order valence-corrected chi connectivity index (χ2v) is 5.37. The van der Waals surface area contributed by atoms with Crippen molar-refractivity contribution in [1.82, 2.24) is 10.2 Å². The lowest BCUT2D eigenvalue weighted by atomic mass is 10.1. The summed E-state index contributed by atoms with van der Waals surface area (Å²) in [4.78, 5) is 24.8. The zero-order chi connectivity index (χ0) is 14.0.